The van der Waals surface area contributed by atoms with Gasteiger partial charge in [0.05, 0.1) is 35.6 Å². The lowest BCUT2D eigenvalue weighted by Crippen LogP contribution is -2.39. The van der Waals surface area contributed by atoms with Gasteiger partial charge in [-0.3, -0.25) is 14.2 Å². The molecule has 0 spiro atoms. The summed E-state index contributed by atoms with van der Waals surface area (Å²) in [5, 5.41) is 0. The fraction of sp³-hybridized carbons (Fsp3) is 0.200. The van der Waals surface area contributed by atoms with Crippen LogP contribution in [-0.4, -0.2) is 30.2 Å². The lowest BCUT2D eigenvalue weighted by atomic mass is 9.95. The van der Waals surface area contributed by atoms with Crippen LogP contribution < -0.4 is 24.4 Å². The van der Waals surface area contributed by atoms with E-state index < -0.39 is 18.0 Å². The molecule has 5 rings (SSSR count). The van der Waals surface area contributed by atoms with Gasteiger partial charge in [-0.1, -0.05) is 45.5 Å². The smallest absolute Gasteiger partial charge is 0.338 e. The molecule has 0 fully saturated rings. The fourth-order valence-electron chi connectivity index (χ4n) is 4.56. The van der Waals surface area contributed by atoms with Gasteiger partial charge in [0.2, 0.25) is 0 Å². The minimum absolute atomic E-state index is 0.153. The van der Waals surface area contributed by atoms with E-state index in [-0.39, 0.29) is 29.2 Å². The van der Waals surface area contributed by atoms with Crippen LogP contribution in [-0.2, 0) is 14.3 Å². The summed E-state index contributed by atoms with van der Waals surface area (Å²) in [6.45, 7) is 4.86. The number of allylic oxidation sites excluding steroid dienone is 1. The minimum atomic E-state index is -0.860. The maximum Gasteiger partial charge on any atom is 0.338 e. The third-order valence-corrected chi connectivity index (χ3v) is 7.76. The van der Waals surface area contributed by atoms with Crippen molar-refractivity contribution in [2.75, 3.05) is 13.7 Å². The summed E-state index contributed by atoms with van der Waals surface area (Å²) >= 11 is 4.66. The second-order valence-corrected chi connectivity index (χ2v) is 10.9. The molecule has 0 saturated carbocycles. The van der Waals surface area contributed by atoms with Crippen molar-refractivity contribution in [3.63, 3.8) is 0 Å². The first kappa shape index (κ1) is 28.3. The van der Waals surface area contributed by atoms with E-state index in [9.17, 15) is 14.4 Å². The van der Waals surface area contributed by atoms with E-state index in [0.717, 1.165) is 10.0 Å². The number of esters is 2. The molecule has 0 aliphatic carbocycles. The van der Waals surface area contributed by atoms with E-state index >= 15 is 0 Å². The Bertz CT molecular complexity index is 1880. The maximum absolute atomic E-state index is 13.9. The fourth-order valence-corrected chi connectivity index (χ4v) is 5.98. The Balaban J connectivity index is 1.65. The zero-order valence-electron chi connectivity index (χ0n) is 22.6. The Morgan fingerprint density at radius 2 is 1.95 bits per heavy atom. The van der Waals surface area contributed by atoms with Gasteiger partial charge in [0.25, 0.3) is 5.56 Å². The number of halogens is 1. The molecule has 210 valence electrons. The molecule has 3 heterocycles. The van der Waals surface area contributed by atoms with Crippen LogP contribution in [0, 0.1) is 0 Å². The molecule has 0 amide bonds. The predicted molar refractivity (Wildman–Crippen MR) is 157 cm³/mol. The number of furan rings is 1. The molecule has 1 atom stereocenters. The number of aromatic nitrogens is 1. The normalized spacial score (nSPS) is 14.9. The van der Waals surface area contributed by atoms with Crippen molar-refractivity contribution in [2.45, 2.75) is 26.8 Å². The largest absolute Gasteiger partial charge is 0.493 e. The molecule has 0 N–H and O–H groups in total. The standard InChI is InChI=1S/C30H25BrN2O7S/c1-5-38-29(36)26-16(2)32-30-33(27(26)19-9-11-23(39-17(3)34)24(14-19)37-4)28(35)25(41-30)15-21-10-12-22(40-21)18-7-6-8-20(31)13-18/h6-15,27H,5H2,1-4H3. The molecule has 0 bridgehead atoms. The predicted octanol–water partition coefficient (Wildman–Crippen LogP) is 4.75. The highest BCUT2D eigenvalue weighted by Crippen LogP contribution is 2.36. The van der Waals surface area contributed by atoms with E-state index in [4.69, 9.17) is 18.6 Å². The first-order valence-electron chi connectivity index (χ1n) is 12.6. The zero-order chi connectivity index (χ0) is 29.3. The van der Waals surface area contributed by atoms with Gasteiger partial charge in [-0.05, 0) is 55.8 Å². The molecule has 9 nitrogen and oxygen atoms in total. The van der Waals surface area contributed by atoms with Gasteiger partial charge < -0.3 is 18.6 Å². The molecular weight excluding hydrogens is 612 g/mol. The number of thiazole rings is 1. The van der Waals surface area contributed by atoms with Crippen LogP contribution >= 0.6 is 27.3 Å². The number of carbonyl (C=O) groups excluding carboxylic acids is 2. The van der Waals surface area contributed by atoms with Gasteiger partial charge in [0, 0.05) is 23.0 Å². The molecule has 1 aliphatic heterocycles. The molecule has 0 saturated heterocycles. The lowest BCUT2D eigenvalue weighted by molar-refractivity contribution is -0.139. The van der Waals surface area contributed by atoms with E-state index in [1.807, 2.05) is 30.3 Å². The molecule has 1 unspecified atom stereocenters. The summed E-state index contributed by atoms with van der Waals surface area (Å²) in [6, 6.07) is 15.4. The second-order valence-electron chi connectivity index (χ2n) is 9.02. The number of carbonyl (C=O) groups is 2. The topological polar surface area (TPSA) is 109 Å². The number of benzene rings is 2. The number of hydrogen-bond donors (Lipinski definition) is 0. The summed E-state index contributed by atoms with van der Waals surface area (Å²) in [6.07, 6.45) is 1.66. The number of rotatable bonds is 7. The Hall–Kier alpha value is -4.22. The minimum Gasteiger partial charge on any atom is -0.493 e. The van der Waals surface area contributed by atoms with Crippen molar-refractivity contribution < 1.29 is 28.2 Å². The van der Waals surface area contributed by atoms with Crippen LogP contribution in [0.1, 0.15) is 38.1 Å². The molecule has 1 aliphatic rings. The van der Waals surface area contributed by atoms with Crippen LogP contribution in [0.25, 0.3) is 17.4 Å². The third-order valence-electron chi connectivity index (χ3n) is 6.28. The van der Waals surface area contributed by atoms with Crippen molar-refractivity contribution in [1.29, 1.82) is 0 Å². The van der Waals surface area contributed by atoms with Crippen molar-refractivity contribution in [1.82, 2.24) is 4.57 Å². The number of ether oxygens (including phenoxy) is 3. The van der Waals surface area contributed by atoms with Gasteiger partial charge in [-0.2, -0.15) is 0 Å². The first-order chi connectivity index (χ1) is 19.7. The number of nitrogens with zero attached hydrogens (tertiary/aromatic N) is 2. The Morgan fingerprint density at radius 1 is 1.15 bits per heavy atom. The van der Waals surface area contributed by atoms with E-state index in [1.165, 1.54) is 29.9 Å². The molecule has 0 radical (unpaired) electrons. The summed E-state index contributed by atoms with van der Waals surface area (Å²) < 4.78 is 24.8. The van der Waals surface area contributed by atoms with Gasteiger partial charge >= 0.3 is 11.9 Å². The quantitative estimate of drug-likeness (QED) is 0.213. The van der Waals surface area contributed by atoms with Gasteiger partial charge in [-0.25, -0.2) is 9.79 Å². The average molecular weight is 638 g/mol. The van der Waals surface area contributed by atoms with E-state index in [2.05, 4.69) is 20.9 Å². The summed E-state index contributed by atoms with van der Waals surface area (Å²) in [4.78, 5) is 43.6. The van der Waals surface area contributed by atoms with Crippen LogP contribution in [0.3, 0.4) is 0 Å². The van der Waals surface area contributed by atoms with Crippen LogP contribution in [0.2, 0.25) is 0 Å². The number of methoxy groups -OCH3 is 1. The average Bonchev–Trinajstić information content (AvgIpc) is 3.52. The van der Waals surface area contributed by atoms with Gasteiger partial charge in [-0.15, -0.1) is 0 Å². The maximum atomic E-state index is 13.9. The van der Waals surface area contributed by atoms with Crippen molar-refractivity contribution in [2.24, 2.45) is 4.99 Å². The highest BCUT2D eigenvalue weighted by Gasteiger charge is 2.34. The van der Waals surface area contributed by atoms with Crippen LogP contribution in [0.4, 0.5) is 0 Å². The molecule has 2 aromatic carbocycles. The Morgan fingerprint density at radius 3 is 2.66 bits per heavy atom. The third kappa shape index (κ3) is 5.68. The van der Waals surface area contributed by atoms with Gasteiger partial charge in [0.1, 0.15) is 11.5 Å². The zero-order valence-corrected chi connectivity index (χ0v) is 25.0. The highest BCUT2D eigenvalue weighted by molar-refractivity contribution is 9.10. The number of fused-ring (bicyclic) bond motifs is 1. The highest BCUT2D eigenvalue weighted by atomic mass is 79.9. The van der Waals surface area contributed by atoms with Crippen LogP contribution in [0.5, 0.6) is 11.5 Å². The molecule has 11 heteroatoms. The number of hydrogen-bond acceptors (Lipinski definition) is 9. The molecule has 2 aromatic heterocycles. The van der Waals surface area contributed by atoms with Crippen molar-refractivity contribution >= 4 is 45.3 Å². The molecular formula is C30H25BrN2O7S. The monoisotopic (exact) mass is 636 g/mol. The molecule has 41 heavy (non-hydrogen) atoms. The molecule has 4 aromatic rings. The Labute approximate surface area is 247 Å². The van der Waals surface area contributed by atoms with E-state index in [1.54, 1.807) is 44.2 Å². The van der Waals surface area contributed by atoms with Crippen molar-refractivity contribution in [3.8, 4) is 22.8 Å². The van der Waals surface area contributed by atoms with Gasteiger partial charge in [0.15, 0.2) is 16.3 Å². The van der Waals surface area contributed by atoms with Crippen LogP contribution in [0.15, 0.2) is 84.5 Å². The lowest BCUT2D eigenvalue weighted by Gasteiger charge is -2.25. The van der Waals surface area contributed by atoms with E-state index in [0.29, 0.717) is 32.1 Å². The summed E-state index contributed by atoms with van der Waals surface area (Å²) in [7, 11) is 1.44. The van der Waals surface area contributed by atoms with Crippen molar-refractivity contribution in [3.05, 3.63) is 101 Å². The summed E-state index contributed by atoms with van der Waals surface area (Å²) in [5.41, 5.74) is 1.75. The Kier molecular flexibility index (Phi) is 8.09. The second kappa shape index (κ2) is 11.7. The summed E-state index contributed by atoms with van der Waals surface area (Å²) in [5.74, 6) is 0.551. The SMILES string of the molecule is CCOC(=O)C1=C(C)N=c2sc(=Cc3ccc(-c4cccc(Br)c4)o3)c(=O)n2C1c1ccc(OC(C)=O)c(OC)c1. The first-order valence-corrected chi connectivity index (χ1v) is 14.2.